The van der Waals surface area contributed by atoms with Gasteiger partial charge in [0.1, 0.15) is 5.82 Å². The van der Waals surface area contributed by atoms with E-state index in [1.165, 1.54) is 0 Å². The zero-order valence-electron chi connectivity index (χ0n) is 11.1. The third-order valence-corrected chi connectivity index (χ3v) is 3.85. The van der Waals surface area contributed by atoms with Gasteiger partial charge in [-0.05, 0) is 40.8 Å². The van der Waals surface area contributed by atoms with Crippen LogP contribution in [0.5, 0.6) is 0 Å². The Morgan fingerprint density at radius 1 is 1.37 bits per heavy atom. The molecule has 0 saturated heterocycles. The van der Waals surface area contributed by atoms with Crippen molar-refractivity contribution in [2.45, 2.75) is 26.2 Å². The average molecular weight is 366 g/mol. The van der Waals surface area contributed by atoms with E-state index in [0.29, 0.717) is 11.4 Å². The number of rotatable bonds is 1. The van der Waals surface area contributed by atoms with E-state index >= 15 is 0 Å². The number of nitriles is 1. The summed E-state index contributed by atoms with van der Waals surface area (Å²) in [5.41, 5.74) is 8.44. The summed E-state index contributed by atoms with van der Waals surface area (Å²) in [6.07, 6.45) is 0. The maximum Gasteiger partial charge on any atom is 0.141 e. The van der Waals surface area contributed by atoms with E-state index in [2.05, 4.69) is 54.5 Å². The Labute approximate surface area is 126 Å². The summed E-state index contributed by atoms with van der Waals surface area (Å²) in [6.45, 7) is 6.31. The molecule has 0 atom stereocenters. The van der Waals surface area contributed by atoms with Crippen LogP contribution in [0, 0.1) is 14.9 Å². The normalized spacial score (nSPS) is 11.3. The van der Waals surface area contributed by atoms with Crippen molar-refractivity contribution >= 4 is 28.4 Å². The van der Waals surface area contributed by atoms with E-state index in [1.807, 2.05) is 12.1 Å². The first-order valence-corrected chi connectivity index (χ1v) is 6.97. The number of nitrogens with two attached hydrogens (primary N) is 1. The van der Waals surface area contributed by atoms with Gasteiger partial charge in [0.2, 0.25) is 0 Å². The van der Waals surface area contributed by atoms with Crippen LogP contribution in [0.4, 0.5) is 5.82 Å². The van der Waals surface area contributed by atoms with Crippen LogP contribution >= 0.6 is 22.6 Å². The van der Waals surface area contributed by atoms with Crippen LogP contribution < -0.4 is 5.73 Å². The molecule has 1 heterocycles. The summed E-state index contributed by atoms with van der Waals surface area (Å²) >= 11 is 2.22. The van der Waals surface area contributed by atoms with Gasteiger partial charge < -0.3 is 5.73 Å². The molecule has 0 spiro atoms. The van der Waals surface area contributed by atoms with Gasteiger partial charge in [0.05, 0.1) is 26.6 Å². The van der Waals surface area contributed by atoms with Gasteiger partial charge in [0, 0.05) is 5.41 Å². The van der Waals surface area contributed by atoms with Gasteiger partial charge in [-0.2, -0.15) is 10.4 Å². The first kappa shape index (κ1) is 13.9. The summed E-state index contributed by atoms with van der Waals surface area (Å²) in [4.78, 5) is 0. The fraction of sp³-hybridized carbons (Fsp3) is 0.286. The summed E-state index contributed by atoms with van der Waals surface area (Å²) in [7, 11) is 0. The molecular formula is C14H15IN4. The van der Waals surface area contributed by atoms with Crippen molar-refractivity contribution in [3.63, 3.8) is 0 Å². The number of nitrogen functional groups attached to an aromatic ring is 1. The third kappa shape index (κ3) is 2.59. The Kier molecular flexibility index (Phi) is 3.54. The molecule has 5 heteroatoms. The van der Waals surface area contributed by atoms with Crippen LogP contribution in [0.3, 0.4) is 0 Å². The van der Waals surface area contributed by atoms with E-state index in [1.54, 1.807) is 16.8 Å². The second-order valence-corrected chi connectivity index (χ2v) is 6.45. The van der Waals surface area contributed by atoms with Crippen LogP contribution in [0.2, 0.25) is 0 Å². The molecule has 2 rings (SSSR count). The van der Waals surface area contributed by atoms with E-state index in [9.17, 15) is 0 Å². The molecule has 0 aliphatic carbocycles. The smallest absolute Gasteiger partial charge is 0.141 e. The van der Waals surface area contributed by atoms with Crippen LogP contribution in [-0.2, 0) is 5.41 Å². The van der Waals surface area contributed by atoms with Crippen LogP contribution in [-0.4, -0.2) is 9.78 Å². The summed E-state index contributed by atoms with van der Waals surface area (Å²) < 4.78 is 2.66. The molecule has 19 heavy (non-hydrogen) atoms. The highest BCUT2D eigenvalue weighted by Crippen LogP contribution is 2.31. The minimum Gasteiger partial charge on any atom is -0.383 e. The highest BCUT2D eigenvalue weighted by atomic mass is 127. The monoisotopic (exact) mass is 366 g/mol. The molecule has 0 saturated carbocycles. The second kappa shape index (κ2) is 4.85. The fourth-order valence-corrected chi connectivity index (χ4v) is 2.94. The molecule has 0 aliphatic rings. The third-order valence-electron chi connectivity index (χ3n) is 2.79. The van der Waals surface area contributed by atoms with Gasteiger partial charge in [-0.15, -0.1) is 0 Å². The van der Waals surface area contributed by atoms with Gasteiger partial charge in [-0.1, -0.05) is 26.8 Å². The lowest BCUT2D eigenvalue weighted by Gasteiger charge is -2.15. The standard InChI is InChI=1S/C14H15IN4/c1-14(2,3)12-11(15)13(17)19(18-12)10-6-4-5-9(7-10)8-16/h4-7H,17H2,1-3H3. The van der Waals surface area contributed by atoms with Crippen molar-refractivity contribution in [3.05, 3.63) is 39.1 Å². The van der Waals surface area contributed by atoms with Crippen molar-refractivity contribution < 1.29 is 0 Å². The van der Waals surface area contributed by atoms with E-state index in [0.717, 1.165) is 15.0 Å². The summed E-state index contributed by atoms with van der Waals surface area (Å²) in [5.74, 6) is 0.612. The van der Waals surface area contributed by atoms with Crippen molar-refractivity contribution in [1.29, 1.82) is 5.26 Å². The number of halogens is 1. The second-order valence-electron chi connectivity index (χ2n) is 5.37. The fourth-order valence-electron chi connectivity index (χ4n) is 1.80. The highest BCUT2D eigenvalue weighted by molar-refractivity contribution is 14.1. The number of hydrogen-bond acceptors (Lipinski definition) is 3. The molecule has 1 aromatic heterocycles. The molecule has 0 aliphatic heterocycles. The Morgan fingerprint density at radius 3 is 2.58 bits per heavy atom. The minimum absolute atomic E-state index is 0.0667. The van der Waals surface area contributed by atoms with Crippen LogP contribution in [0.15, 0.2) is 24.3 Å². The molecule has 1 aromatic carbocycles. The largest absolute Gasteiger partial charge is 0.383 e. The molecule has 0 radical (unpaired) electrons. The van der Waals surface area contributed by atoms with E-state index < -0.39 is 0 Å². The van der Waals surface area contributed by atoms with Gasteiger partial charge in [-0.3, -0.25) is 0 Å². The zero-order valence-corrected chi connectivity index (χ0v) is 13.3. The van der Waals surface area contributed by atoms with Gasteiger partial charge in [0.15, 0.2) is 0 Å². The lowest BCUT2D eigenvalue weighted by molar-refractivity contribution is 0.557. The van der Waals surface area contributed by atoms with Gasteiger partial charge >= 0.3 is 0 Å². The molecule has 0 fully saturated rings. The first-order chi connectivity index (χ1) is 8.84. The first-order valence-electron chi connectivity index (χ1n) is 5.89. The zero-order chi connectivity index (χ0) is 14.2. The molecule has 98 valence electrons. The van der Waals surface area contributed by atoms with E-state index in [4.69, 9.17) is 11.0 Å². The number of hydrogen-bond donors (Lipinski definition) is 1. The lowest BCUT2D eigenvalue weighted by atomic mass is 9.92. The highest BCUT2D eigenvalue weighted by Gasteiger charge is 2.24. The molecule has 2 aromatic rings. The maximum atomic E-state index is 8.95. The molecule has 0 amide bonds. The van der Waals surface area contributed by atoms with Gasteiger partial charge in [0.25, 0.3) is 0 Å². The predicted molar refractivity (Wildman–Crippen MR) is 84.1 cm³/mol. The van der Waals surface area contributed by atoms with Crippen molar-refractivity contribution in [2.75, 3.05) is 5.73 Å². The van der Waals surface area contributed by atoms with E-state index in [-0.39, 0.29) is 5.41 Å². The molecule has 0 unspecified atom stereocenters. The SMILES string of the molecule is CC(C)(C)c1nn(-c2cccc(C#N)c2)c(N)c1I. The Hall–Kier alpha value is -1.55. The number of aromatic nitrogens is 2. The quantitative estimate of drug-likeness (QED) is 0.788. The number of benzene rings is 1. The Bertz CT molecular complexity index is 659. The van der Waals surface area contributed by atoms with Crippen molar-refractivity contribution in [2.24, 2.45) is 0 Å². The minimum atomic E-state index is -0.0667. The van der Waals surface area contributed by atoms with Crippen molar-refractivity contribution in [1.82, 2.24) is 9.78 Å². The average Bonchev–Trinajstić information content (AvgIpc) is 2.66. The summed E-state index contributed by atoms with van der Waals surface area (Å²) in [5, 5.41) is 13.6. The molecule has 4 nitrogen and oxygen atoms in total. The number of nitrogens with zero attached hydrogens (tertiary/aromatic N) is 3. The maximum absolute atomic E-state index is 8.95. The van der Waals surface area contributed by atoms with Gasteiger partial charge in [-0.25, -0.2) is 4.68 Å². The lowest BCUT2D eigenvalue weighted by Crippen LogP contribution is -2.14. The summed E-state index contributed by atoms with van der Waals surface area (Å²) in [6, 6.07) is 9.40. The Balaban J connectivity index is 2.61. The predicted octanol–water partition coefficient (Wildman–Crippen LogP) is 3.23. The molecule has 2 N–H and O–H groups in total. The Morgan fingerprint density at radius 2 is 2.05 bits per heavy atom. The molecular weight excluding hydrogens is 351 g/mol. The topological polar surface area (TPSA) is 67.6 Å². The van der Waals surface area contributed by atoms with Crippen molar-refractivity contribution in [3.8, 4) is 11.8 Å². The van der Waals surface area contributed by atoms with Crippen LogP contribution in [0.1, 0.15) is 32.0 Å². The molecule has 0 bridgehead atoms. The van der Waals surface area contributed by atoms with Crippen LogP contribution in [0.25, 0.3) is 5.69 Å². The number of anilines is 1.